The molecule has 6 heteroatoms. The molecule has 1 aliphatic heterocycles. The van der Waals surface area contributed by atoms with E-state index < -0.39 is 18.0 Å². The van der Waals surface area contributed by atoms with Crippen LogP contribution in [0.5, 0.6) is 0 Å². The molecule has 2 aromatic rings. The van der Waals surface area contributed by atoms with Gasteiger partial charge in [0.2, 0.25) is 6.10 Å². The number of hydrogen-bond acceptors (Lipinski definition) is 5. The molecule has 22 heavy (non-hydrogen) atoms. The molecule has 6 nitrogen and oxygen atoms in total. The van der Waals surface area contributed by atoms with Crippen LogP contribution in [0.15, 0.2) is 28.9 Å². The Bertz CT molecular complexity index is 698. The molecule has 1 atom stereocenters. The second kappa shape index (κ2) is 5.71. The molecule has 0 aromatic carbocycles. The van der Waals surface area contributed by atoms with Crippen molar-refractivity contribution in [3.05, 3.63) is 47.2 Å². The molecule has 0 spiro atoms. The lowest BCUT2D eigenvalue weighted by atomic mass is 10.2. The van der Waals surface area contributed by atoms with Crippen LogP contribution in [0.2, 0.25) is 0 Å². The van der Waals surface area contributed by atoms with Crippen molar-refractivity contribution in [2.75, 3.05) is 6.61 Å². The molecule has 0 radical (unpaired) electrons. The second-order valence-corrected chi connectivity index (χ2v) is 5.30. The molecule has 0 saturated carbocycles. The SMILES string of the molecule is Cc1cc(C(=O)O[C@H]2CCOC2=O)c(C)n1Cc1ccco1. The van der Waals surface area contributed by atoms with Gasteiger partial charge in [-0.05, 0) is 32.0 Å². The molecular weight excluding hydrogens is 286 g/mol. The van der Waals surface area contributed by atoms with Gasteiger partial charge in [-0.1, -0.05) is 0 Å². The van der Waals surface area contributed by atoms with E-state index in [4.69, 9.17) is 13.9 Å². The molecule has 0 N–H and O–H groups in total. The third kappa shape index (κ3) is 2.64. The Balaban J connectivity index is 1.79. The number of hydrogen-bond donors (Lipinski definition) is 0. The van der Waals surface area contributed by atoms with Gasteiger partial charge < -0.3 is 18.5 Å². The van der Waals surface area contributed by atoms with Crippen LogP contribution in [-0.2, 0) is 20.8 Å². The first-order chi connectivity index (χ1) is 10.6. The summed E-state index contributed by atoms with van der Waals surface area (Å²) in [4.78, 5) is 23.7. The molecular formula is C16H17NO5. The maximum absolute atomic E-state index is 12.3. The number of ether oxygens (including phenoxy) is 2. The summed E-state index contributed by atoms with van der Waals surface area (Å²) >= 11 is 0. The number of furan rings is 1. The fourth-order valence-corrected chi connectivity index (χ4v) is 2.59. The molecule has 0 unspecified atom stereocenters. The summed E-state index contributed by atoms with van der Waals surface area (Å²) in [7, 11) is 0. The van der Waals surface area contributed by atoms with Gasteiger partial charge in [0, 0.05) is 17.8 Å². The Labute approximate surface area is 127 Å². The summed E-state index contributed by atoms with van der Waals surface area (Å²) < 4.78 is 17.4. The van der Waals surface area contributed by atoms with Gasteiger partial charge in [0.05, 0.1) is 25.0 Å². The van der Waals surface area contributed by atoms with E-state index in [1.165, 1.54) is 0 Å². The number of aryl methyl sites for hydroxylation is 1. The van der Waals surface area contributed by atoms with E-state index in [2.05, 4.69) is 0 Å². The van der Waals surface area contributed by atoms with Crippen LogP contribution in [-0.4, -0.2) is 29.2 Å². The van der Waals surface area contributed by atoms with E-state index >= 15 is 0 Å². The van der Waals surface area contributed by atoms with Gasteiger partial charge in [0.25, 0.3) is 0 Å². The van der Waals surface area contributed by atoms with Gasteiger partial charge in [-0.3, -0.25) is 0 Å². The highest BCUT2D eigenvalue weighted by atomic mass is 16.6. The molecule has 2 aromatic heterocycles. The quantitative estimate of drug-likeness (QED) is 0.810. The average Bonchev–Trinajstić information content (AvgIpc) is 3.18. The van der Waals surface area contributed by atoms with E-state index in [9.17, 15) is 9.59 Å². The third-order valence-electron chi connectivity index (χ3n) is 3.82. The normalized spacial score (nSPS) is 17.5. The van der Waals surface area contributed by atoms with Crippen molar-refractivity contribution >= 4 is 11.9 Å². The van der Waals surface area contributed by atoms with E-state index in [0.29, 0.717) is 25.1 Å². The highest BCUT2D eigenvalue weighted by Gasteiger charge is 2.31. The van der Waals surface area contributed by atoms with Gasteiger partial charge in [-0.15, -0.1) is 0 Å². The van der Waals surface area contributed by atoms with Gasteiger partial charge >= 0.3 is 11.9 Å². The molecule has 1 fully saturated rings. The van der Waals surface area contributed by atoms with Gasteiger partial charge in [-0.25, -0.2) is 9.59 Å². The summed E-state index contributed by atoms with van der Waals surface area (Å²) in [6, 6.07) is 5.47. The molecule has 0 amide bonds. The number of carbonyl (C=O) groups excluding carboxylic acids is 2. The Kier molecular flexibility index (Phi) is 3.75. The van der Waals surface area contributed by atoms with Crippen LogP contribution < -0.4 is 0 Å². The molecule has 1 saturated heterocycles. The van der Waals surface area contributed by atoms with Gasteiger partial charge in [0.1, 0.15) is 5.76 Å². The fraction of sp³-hybridized carbons (Fsp3) is 0.375. The Morgan fingerprint density at radius 1 is 1.45 bits per heavy atom. The van der Waals surface area contributed by atoms with Crippen molar-refractivity contribution < 1.29 is 23.5 Å². The van der Waals surface area contributed by atoms with Crippen LogP contribution in [0.3, 0.4) is 0 Å². The highest BCUT2D eigenvalue weighted by molar-refractivity contribution is 5.93. The number of cyclic esters (lactones) is 1. The molecule has 3 heterocycles. The minimum atomic E-state index is -0.791. The lowest BCUT2D eigenvalue weighted by molar-refractivity contribution is -0.145. The molecule has 3 rings (SSSR count). The monoisotopic (exact) mass is 303 g/mol. The van der Waals surface area contributed by atoms with Crippen LogP contribution in [0.25, 0.3) is 0 Å². The standard InChI is InChI=1S/C16H17NO5/c1-10-8-13(15(18)22-14-5-7-21-16(14)19)11(2)17(10)9-12-4-3-6-20-12/h3-4,6,8,14H,5,7,9H2,1-2H3/t14-/m0/s1. The maximum Gasteiger partial charge on any atom is 0.347 e. The van der Waals surface area contributed by atoms with Crippen LogP contribution in [0.4, 0.5) is 0 Å². The van der Waals surface area contributed by atoms with Gasteiger partial charge in [0.15, 0.2) is 0 Å². The predicted molar refractivity (Wildman–Crippen MR) is 76.5 cm³/mol. The van der Waals surface area contributed by atoms with Crippen molar-refractivity contribution in [3.63, 3.8) is 0 Å². The van der Waals surface area contributed by atoms with Crippen LogP contribution in [0, 0.1) is 13.8 Å². The highest BCUT2D eigenvalue weighted by Crippen LogP contribution is 2.20. The number of carbonyl (C=O) groups is 2. The lowest BCUT2D eigenvalue weighted by Crippen LogP contribution is -2.23. The largest absolute Gasteiger partial charge is 0.467 e. The summed E-state index contributed by atoms with van der Waals surface area (Å²) in [6.07, 6.45) is 1.24. The second-order valence-electron chi connectivity index (χ2n) is 5.30. The van der Waals surface area contributed by atoms with E-state index in [0.717, 1.165) is 17.1 Å². The first kappa shape index (κ1) is 14.4. The lowest BCUT2D eigenvalue weighted by Gasteiger charge is -2.09. The number of aromatic nitrogens is 1. The third-order valence-corrected chi connectivity index (χ3v) is 3.82. The van der Waals surface area contributed by atoms with Crippen molar-refractivity contribution in [2.45, 2.75) is 32.9 Å². The van der Waals surface area contributed by atoms with Crippen molar-refractivity contribution in [1.82, 2.24) is 4.57 Å². The van der Waals surface area contributed by atoms with Crippen LogP contribution in [0.1, 0.15) is 33.9 Å². The number of esters is 2. The minimum absolute atomic E-state index is 0.300. The van der Waals surface area contributed by atoms with Crippen molar-refractivity contribution in [2.24, 2.45) is 0 Å². The zero-order valence-corrected chi connectivity index (χ0v) is 12.5. The van der Waals surface area contributed by atoms with Gasteiger partial charge in [-0.2, -0.15) is 0 Å². The van der Waals surface area contributed by atoms with E-state index in [1.54, 1.807) is 12.3 Å². The Morgan fingerprint density at radius 2 is 2.27 bits per heavy atom. The summed E-state index contributed by atoms with van der Waals surface area (Å²) in [6.45, 7) is 4.60. The van der Waals surface area contributed by atoms with E-state index in [-0.39, 0.29) is 0 Å². The Hall–Kier alpha value is -2.50. The molecule has 116 valence electrons. The minimum Gasteiger partial charge on any atom is -0.467 e. The van der Waals surface area contributed by atoms with Crippen molar-refractivity contribution in [1.29, 1.82) is 0 Å². The Morgan fingerprint density at radius 3 is 2.91 bits per heavy atom. The smallest absolute Gasteiger partial charge is 0.347 e. The summed E-state index contributed by atoms with van der Waals surface area (Å²) in [5.74, 6) is -0.165. The fourth-order valence-electron chi connectivity index (χ4n) is 2.59. The van der Waals surface area contributed by atoms with E-state index in [1.807, 2.05) is 30.5 Å². The zero-order valence-electron chi connectivity index (χ0n) is 12.5. The molecule has 0 bridgehead atoms. The summed E-state index contributed by atoms with van der Waals surface area (Å²) in [5.41, 5.74) is 2.17. The summed E-state index contributed by atoms with van der Waals surface area (Å²) in [5, 5.41) is 0. The maximum atomic E-state index is 12.3. The van der Waals surface area contributed by atoms with Crippen molar-refractivity contribution in [3.8, 4) is 0 Å². The molecule has 1 aliphatic rings. The zero-order chi connectivity index (χ0) is 15.7. The first-order valence-corrected chi connectivity index (χ1v) is 7.13. The number of nitrogens with zero attached hydrogens (tertiary/aromatic N) is 1. The number of rotatable bonds is 4. The molecule has 0 aliphatic carbocycles. The average molecular weight is 303 g/mol. The predicted octanol–water partition coefficient (Wildman–Crippen LogP) is 2.22. The first-order valence-electron chi connectivity index (χ1n) is 7.13. The topological polar surface area (TPSA) is 70.7 Å². The van der Waals surface area contributed by atoms with Crippen LogP contribution >= 0.6 is 0 Å².